The first-order valence-corrected chi connectivity index (χ1v) is 7.19. The molecule has 0 radical (unpaired) electrons. The fraction of sp³-hybridized carbons (Fsp3) is 0.235. The summed E-state index contributed by atoms with van der Waals surface area (Å²) >= 11 is 6.00. The summed E-state index contributed by atoms with van der Waals surface area (Å²) in [6.07, 6.45) is 0.942. The van der Waals surface area contributed by atoms with Crippen molar-refractivity contribution < 1.29 is 14.3 Å². The lowest BCUT2D eigenvalue weighted by atomic mass is 10.2. The van der Waals surface area contributed by atoms with Crippen LogP contribution in [0.4, 0.5) is 0 Å². The second-order valence-corrected chi connectivity index (χ2v) is 5.08. The Hall–Kier alpha value is -2.00. The Morgan fingerprint density at radius 3 is 2.38 bits per heavy atom. The molecule has 2 rings (SSSR count). The normalized spacial score (nSPS) is 10.2. The molecule has 0 N–H and O–H groups in total. The minimum atomic E-state index is -0.419. The van der Waals surface area contributed by atoms with Gasteiger partial charge in [0.25, 0.3) is 0 Å². The Balaban J connectivity index is 2.04. The van der Waals surface area contributed by atoms with Crippen LogP contribution in [0.25, 0.3) is 0 Å². The Labute approximate surface area is 129 Å². The number of aryl methyl sites for hydroxylation is 1. The molecule has 0 saturated heterocycles. The van der Waals surface area contributed by atoms with Gasteiger partial charge in [-0.05, 0) is 55.3 Å². The van der Waals surface area contributed by atoms with Crippen molar-refractivity contribution >= 4 is 17.6 Å². The van der Waals surface area contributed by atoms with Crippen LogP contribution in [0.2, 0.25) is 5.02 Å². The highest BCUT2D eigenvalue weighted by Crippen LogP contribution is 2.22. The summed E-state index contributed by atoms with van der Waals surface area (Å²) < 4.78 is 10.8. The maximum absolute atomic E-state index is 12.0. The van der Waals surface area contributed by atoms with Crippen molar-refractivity contribution in [2.45, 2.75) is 20.3 Å². The van der Waals surface area contributed by atoms with Crippen molar-refractivity contribution in [3.63, 3.8) is 0 Å². The summed E-state index contributed by atoms with van der Waals surface area (Å²) in [6, 6.07) is 12.0. The molecule has 110 valence electrons. The number of hydrogen-bond acceptors (Lipinski definition) is 3. The molecular formula is C17H17ClO3. The maximum atomic E-state index is 12.0. The average Bonchev–Trinajstić information content (AvgIpc) is 2.49. The minimum Gasteiger partial charge on any atom is -0.494 e. The van der Waals surface area contributed by atoms with E-state index in [-0.39, 0.29) is 0 Å². The molecular weight excluding hydrogens is 288 g/mol. The molecule has 2 aromatic carbocycles. The first kappa shape index (κ1) is 15.4. The molecule has 0 aromatic heterocycles. The van der Waals surface area contributed by atoms with Crippen molar-refractivity contribution in [2.75, 3.05) is 6.61 Å². The van der Waals surface area contributed by atoms with Gasteiger partial charge in [-0.15, -0.1) is 0 Å². The summed E-state index contributed by atoms with van der Waals surface area (Å²) in [5, 5.41) is 0.573. The average molecular weight is 305 g/mol. The number of halogens is 1. The van der Waals surface area contributed by atoms with Crippen LogP contribution in [0, 0.1) is 6.92 Å². The second kappa shape index (κ2) is 7.14. The molecule has 0 bridgehead atoms. The Morgan fingerprint density at radius 1 is 1.10 bits per heavy atom. The van der Waals surface area contributed by atoms with E-state index < -0.39 is 5.97 Å². The monoisotopic (exact) mass is 304 g/mol. The number of hydrogen-bond donors (Lipinski definition) is 0. The van der Waals surface area contributed by atoms with Crippen LogP contribution in [0.5, 0.6) is 11.5 Å². The lowest BCUT2D eigenvalue weighted by Crippen LogP contribution is -2.08. The summed E-state index contributed by atoms with van der Waals surface area (Å²) in [5.74, 6) is 0.755. The van der Waals surface area contributed by atoms with Gasteiger partial charge in [0.15, 0.2) is 0 Å². The van der Waals surface area contributed by atoms with Gasteiger partial charge in [-0.3, -0.25) is 0 Å². The topological polar surface area (TPSA) is 35.5 Å². The predicted octanol–water partition coefficient (Wildman–Crippen LogP) is 4.66. The zero-order chi connectivity index (χ0) is 15.2. The molecule has 0 atom stereocenters. The number of rotatable bonds is 5. The molecule has 0 saturated carbocycles. The van der Waals surface area contributed by atoms with Crippen LogP contribution < -0.4 is 9.47 Å². The van der Waals surface area contributed by atoms with Gasteiger partial charge in [0.2, 0.25) is 0 Å². The predicted molar refractivity (Wildman–Crippen MR) is 83.4 cm³/mol. The highest BCUT2D eigenvalue weighted by molar-refractivity contribution is 6.31. The van der Waals surface area contributed by atoms with Gasteiger partial charge in [-0.1, -0.05) is 24.6 Å². The molecule has 0 aliphatic heterocycles. The molecule has 4 heteroatoms. The van der Waals surface area contributed by atoms with Crippen molar-refractivity contribution in [3.05, 3.63) is 58.6 Å². The van der Waals surface area contributed by atoms with Gasteiger partial charge < -0.3 is 9.47 Å². The quantitative estimate of drug-likeness (QED) is 0.595. The highest BCUT2D eigenvalue weighted by Gasteiger charge is 2.09. The molecule has 0 unspecified atom stereocenters. The molecule has 0 amide bonds. The lowest BCUT2D eigenvalue weighted by molar-refractivity contribution is 0.0734. The van der Waals surface area contributed by atoms with Crippen LogP contribution in [0.1, 0.15) is 29.3 Å². The maximum Gasteiger partial charge on any atom is 0.343 e. The van der Waals surface area contributed by atoms with Gasteiger partial charge in [0.1, 0.15) is 11.5 Å². The SMILES string of the molecule is CCCOc1ccc(C(=O)Oc2ccc(C)c(Cl)c2)cc1. The number of carbonyl (C=O) groups excluding carboxylic acids is 1. The molecule has 0 spiro atoms. The molecule has 0 aliphatic rings. The number of carbonyl (C=O) groups is 1. The van der Waals surface area contributed by atoms with Crippen molar-refractivity contribution in [1.29, 1.82) is 0 Å². The summed E-state index contributed by atoms with van der Waals surface area (Å²) in [5.41, 5.74) is 1.41. The van der Waals surface area contributed by atoms with E-state index in [0.717, 1.165) is 17.7 Å². The third-order valence-corrected chi connectivity index (χ3v) is 3.32. The zero-order valence-electron chi connectivity index (χ0n) is 12.1. The van der Waals surface area contributed by atoms with E-state index in [1.54, 1.807) is 36.4 Å². The Morgan fingerprint density at radius 2 is 1.76 bits per heavy atom. The Bertz CT molecular complexity index is 620. The fourth-order valence-electron chi connectivity index (χ4n) is 1.71. The van der Waals surface area contributed by atoms with Crippen LogP contribution >= 0.6 is 11.6 Å². The van der Waals surface area contributed by atoms with Crippen molar-refractivity contribution in [2.24, 2.45) is 0 Å². The molecule has 21 heavy (non-hydrogen) atoms. The highest BCUT2D eigenvalue weighted by atomic mass is 35.5. The van der Waals surface area contributed by atoms with E-state index in [2.05, 4.69) is 0 Å². The van der Waals surface area contributed by atoms with Gasteiger partial charge in [-0.2, -0.15) is 0 Å². The van der Waals surface area contributed by atoms with Crippen LogP contribution in [-0.4, -0.2) is 12.6 Å². The standard InChI is InChI=1S/C17H17ClO3/c1-3-10-20-14-8-5-13(6-9-14)17(19)21-15-7-4-12(2)16(18)11-15/h4-9,11H,3,10H2,1-2H3. The second-order valence-electron chi connectivity index (χ2n) is 4.67. The van der Waals surface area contributed by atoms with Gasteiger partial charge >= 0.3 is 5.97 Å². The van der Waals surface area contributed by atoms with Gasteiger partial charge in [0.05, 0.1) is 12.2 Å². The first-order valence-electron chi connectivity index (χ1n) is 6.81. The third kappa shape index (κ3) is 4.23. The number of benzene rings is 2. The van der Waals surface area contributed by atoms with E-state index in [9.17, 15) is 4.79 Å². The van der Waals surface area contributed by atoms with E-state index in [4.69, 9.17) is 21.1 Å². The number of ether oxygens (including phenoxy) is 2. The van der Waals surface area contributed by atoms with Gasteiger partial charge in [0, 0.05) is 5.02 Å². The minimum absolute atomic E-state index is 0.419. The fourth-order valence-corrected chi connectivity index (χ4v) is 1.88. The van der Waals surface area contributed by atoms with E-state index in [1.807, 2.05) is 19.9 Å². The summed E-state index contributed by atoms with van der Waals surface area (Å²) in [6.45, 7) is 4.59. The summed E-state index contributed by atoms with van der Waals surface area (Å²) in [7, 11) is 0. The molecule has 0 aliphatic carbocycles. The third-order valence-electron chi connectivity index (χ3n) is 2.92. The van der Waals surface area contributed by atoms with Crippen LogP contribution in [0.15, 0.2) is 42.5 Å². The van der Waals surface area contributed by atoms with Crippen LogP contribution in [-0.2, 0) is 0 Å². The smallest absolute Gasteiger partial charge is 0.343 e. The number of esters is 1. The molecule has 0 heterocycles. The van der Waals surface area contributed by atoms with Gasteiger partial charge in [-0.25, -0.2) is 4.79 Å². The van der Waals surface area contributed by atoms with E-state index in [1.165, 1.54) is 0 Å². The zero-order valence-corrected chi connectivity index (χ0v) is 12.8. The first-order chi connectivity index (χ1) is 10.1. The van der Waals surface area contributed by atoms with Crippen molar-refractivity contribution in [3.8, 4) is 11.5 Å². The molecule has 0 fully saturated rings. The molecule has 3 nitrogen and oxygen atoms in total. The summed E-state index contributed by atoms with van der Waals surface area (Å²) in [4.78, 5) is 12.0. The van der Waals surface area contributed by atoms with Crippen molar-refractivity contribution in [1.82, 2.24) is 0 Å². The molecule has 2 aromatic rings. The Kier molecular flexibility index (Phi) is 5.23. The van der Waals surface area contributed by atoms with E-state index >= 15 is 0 Å². The largest absolute Gasteiger partial charge is 0.494 e. The van der Waals surface area contributed by atoms with E-state index in [0.29, 0.717) is 22.9 Å². The lowest BCUT2D eigenvalue weighted by Gasteiger charge is -2.07. The van der Waals surface area contributed by atoms with Crippen LogP contribution in [0.3, 0.4) is 0 Å².